The third-order valence-corrected chi connectivity index (χ3v) is 7.63. The topological polar surface area (TPSA) is 105 Å². The largest absolute Gasteiger partial charge is 0.489 e. The van der Waals surface area contributed by atoms with E-state index < -0.39 is 11.9 Å². The number of likely N-dealkylation sites (tertiary alicyclic amines) is 1. The van der Waals surface area contributed by atoms with Crippen LogP contribution in [0.15, 0.2) is 36.9 Å². The van der Waals surface area contributed by atoms with Gasteiger partial charge in [0.25, 0.3) is 5.91 Å². The number of piperidine rings is 1. The molecule has 4 aliphatic rings. The molecule has 176 valence electrons. The van der Waals surface area contributed by atoms with Crippen LogP contribution >= 0.6 is 0 Å². The highest BCUT2D eigenvalue weighted by Gasteiger charge is 2.42. The lowest BCUT2D eigenvalue weighted by Gasteiger charge is -2.45. The van der Waals surface area contributed by atoms with Crippen LogP contribution in [0.5, 0.6) is 5.75 Å². The van der Waals surface area contributed by atoms with Gasteiger partial charge in [-0.2, -0.15) is 0 Å². The molecular weight excluding hydrogens is 434 g/mol. The molecule has 1 aromatic heterocycles. The van der Waals surface area contributed by atoms with E-state index in [0.29, 0.717) is 30.5 Å². The lowest BCUT2D eigenvalue weighted by Crippen LogP contribution is -2.54. The maximum Gasteiger partial charge on any atom is 0.255 e. The van der Waals surface area contributed by atoms with Crippen LogP contribution in [0.1, 0.15) is 59.5 Å². The van der Waals surface area contributed by atoms with Crippen molar-refractivity contribution in [2.24, 2.45) is 0 Å². The van der Waals surface area contributed by atoms with Crippen molar-refractivity contribution in [1.29, 1.82) is 0 Å². The average molecular weight is 462 g/mol. The summed E-state index contributed by atoms with van der Waals surface area (Å²) in [5.41, 5.74) is 2.67. The average Bonchev–Trinajstić information content (AvgIpc) is 3.38. The van der Waals surface area contributed by atoms with Crippen molar-refractivity contribution in [3.8, 4) is 5.75 Å². The van der Waals surface area contributed by atoms with E-state index in [-0.39, 0.29) is 24.3 Å². The molecule has 1 saturated carbocycles. The highest BCUT2D eigenvalue weighted by atomic mass is 16.5. The van der Waals surface area contributed by atoms with Crippen molar-refractivity contribution in [1.82, 2.24) is 25.1 Å². The van der Waals surface area contributed by atoms with Crippen LogP contribution in [0.3, 0.4) is 0 Å². The molecule has 0 radical (unpaired) electrons. The van der Waals surface area contributed by atoms with Gasteiger partial charge < -0.3 is 9.64 Å². The zero-order chi connectivity index (χ0) is 23.2. The summed E-state index contributed by atoms with van der Waals surface area (Å²) in [4.78, 5) is 49.0. The maximum atomic E-state index is 12.9. The Morgan fingerprint density at radius 3 is 2.65 bits per heavy atom. The third kappa shape index (κ3) is 3.73. The van der Waals surface area contributed by atoms with E-state index >= 15 is 0 Å². The zero-order valence-electron chi connectivity index (χ0n) is 18.9. The molecule has 0 spiro atoms. The first-order chi connectivity index (χ1) is 16.6. The fourth-order valence-electron chi connectivity index (χ4n) is 5.78. The van der Waals surface area contributed by atoms with Gasteiger partial charge in [-0.15, -0.1) is 0 Å². The normalized spacial score (nSPS) is 27.5. The standard InChI is InChI=1S/C25H27N5O4/c31-23-7-6-21(24(32)28-23)30-13-15-8-18(4-5-19(15)25(30)33)34-22-3-1-2-20(22)29-11-17(12-29)16-9-26-14-27-10-16/h4-5,8-10,14,17,20-22H,1-3,6-7,11-13H2,(H,28,31,32)/t20-,21?,22+/m1/s1. The number of nitrogens with one attached hydrogen (secondary N) is 1. The summed E-state index contributed by atoms with van der Waals surface area (Å²) in [6.07, 6.45) is 9.38. The van der Waals surface area contributed by atoms with Crippen LogP contribution in [0.25, 0.3) is 0 Å². The second-order valence-electron chi connectivity index (χ2n) is 9.70. The second-order valence-corrected chi connectivity index (χ2v) is 9.70. The molecular formula is C25H27N5O4. The number of rotatable bonds is 5. The van der Waals surface area contributed by atoms with Crippen LogP contribution in [-0.4, -0.2) is 68.8 Å². The fourth-order valence-corrected chi connectivity index (χ4v) is 5.78. The van der Waals surface area contributed by atoms with Gasteiger partial charge in [0.05, 0.1) is 0 Å². The van der Waals surface area contributed by atoms with Crippen molar-refractivity contribution in [3.63, 3.8) is 0 Å². The Morgan fingerprint density at radius 2 is 1.85 bits per heavy atom. The minimum atomic E-state index is -0.601. The molecule has 2 aromatic rings. The van der Waals surface area contributed by atoms with Gasteiger partial charge >= 0.3 is 0 Å². The Kier molecular flexibility index (Phi) is 5.28. The lowest BCUT2D eigenvalue weighted by molar-refractivity contribution is -0.136. The van der Waals surface area contributed by atoms with Gasteiger partial charge in [-0.3, -0.25) is 24.6 Å². The van der Waals surface area contributed by atoms with E-state index in [2.05, 4.69) is 20.2 Å². The molecule has 9 heteroatoms. The number of hydrogen-bond donors (Lipinski definition) is 1. The number of aromatic nitrogens is 2. The number of amides is 3. The van der Waals surface area contributed by atoms with Crippen molar-refractivity contribution >= 4 is 17.7 Å². The molecule has 1 unspecified atom stereocenters. The van der Waals surface area contributed by atoms with E-state index in [1.807, 2.05) is 24.5 Å². The van der Waals surface area contributed by atoms with Gasteiger partial charge in [-0.25, -0.2) is 9.97 Å². The maximum absolute atomic E-state index is 12.9. The summed E-state index contributed by atoms with van der Waals surface area (Å²) < 4.78 is 6.44. The van der Waals surface area contributed by atoms with Crippen molar-refractivity contribution < 1.29 is 19.1 Å². The Labute approximate surface area is 197 Å². The Morgan fingerprint density at radius 1 is 1.03 bits per heavy atom. The van der Waals surface area contributed by atoms with Crippen molar-refractivity contribution in [2.45, 2.75) is 62.8 Å². The fraction of sp³-hybridized carbons (Fsp3) is 0.480. The van der Waals surface area contributed by atoms with Gasteiger partial charge in [0, 0.05) is 56.0 Å². The van der Waals surface area contributed by atoms with Crippen molar-refractivity contribution in [3.05, 3.63) is 53.6 Å². The summed E-state index contributed by atoms with van der Waals surface area (Å²) >= 11 is 0. The molecule has 34 heavy (non-hydrogen) atoms. The molecule has 1 N–H and O–H groups in total. The van der Waals surface area contributed by atoms with E-state index in [0.717, 1.165) is 43.7 Å². The van der Waals surface area contributed by atoms with E-state index in [4.69, 9.17) is 4.74 Å². The first-order valence-corrected chi connectivity index (χ1v) is 12.0. The highest BCUT2D eigenvalue weighted by Crippen LogP contribution is 2.37. The van der Waals surface area contributed by atoms with Gasteiger partial charge in [-0.1, -0.05) is 0 Å². The minimum absolute atomic E-state index is 0.120. The summed E-state index contributed by atoms with van der Waals surface area (Å²) in [7, 11) is 0. The molecule has 2 saturated heterocycles. The molecule has 4 heterocycles. The molecule has 3 aliphatic heterocycles. The molecule has 3 atom stereocenters. The Hall–Kier alpha value is -3.33. The van der Waals surface area contributed by atoms with E-state index in [1.54, 1.807) is 17.3 Å². The molecule has 6 rings (SSSR count). The monoisotopic (exact) mass is 461 g/mol. The quantitative estimate of drug-likeness (QED) is 0.675. The van der Waals surface area contributed by atoms with E-state index in [9.17, 15) is 14.4 Å². The highest BCUT2D eigenvalue weighted by molar-refractivity contribution is 6.05. The van der Waals surface area contributed by atoms with Gasteiger partial charge in [-0.05, 0) is 55.0 Å². The molecule has 9 nitrogen and oxygen atoms in total. The number of imide groups is 1. The number of carbonyl (C=O) groups excluding carboxylic acids is 3. The SMILES string of the molecule is O=C1CCC(N2Cc3cc(O[C@H]4CCC[C@H]4N4CC(c5cncnc5)C4)ccc3C2=O)C(=O)N1. The molecule has 1 aromatic carbocycles. The van der Waals surface area contributed by atoms with Crippen LogP contribution in [0.4, 0.5) is 0 Å². The molecule has 0 bridgehead atoms. The van der Waals surface area contributed by atoms with Crippen LogP contribution < -0.4 is 10.1 Å². The molecule has 3 amide bonds. The minimum Gasteiger partial charge on any atom is -0.489 e. The number of carbonyl (C=O) groups is 3. The molecule has 3 fully saturated rings. The number of nitrogens with zero attached hydrogens (tertiary/aromatic N) is 4. The lowest BCUT2D eigenvalue weighted by atomic mass is 9.91. The van der Waals surface area contributed by atoms with Gasteiger partial charge in [0.1, 0.15) is 24.2 Å². The Balaban J connectivity index is 1.11. The summed E-state index contributed by atoms with van der Waals surface area (Å²) in [5, 5.41) is 2.35. The summed E-state index contributed by atoms with van der Waals surface area (Å²) in [6.45, 7) is 2.35. The van der Waals surface area contributed by atoms with Gasteiger partial charge in [0.15, 0.2) is 0 Å². The second kappa shape index (κ2) is 8.47. The predicted octanol–water partition coefficient (Wildman–Crippen LogP) is 1.64. The smallest absolute Gasteiger partial charge is 0.255 e. The molecule has 1 aliphatic carbocycles. The van der Waals surface area contributed by atoms with Gasteiger partial charge in [0.2, 0.25) is 11.8 Å². The number of fused-ring (bicyclic) bond motifs is 1. The summed E-state index contributed by atoms with van der Waals surface area (Å²) in [5.74, 6) is 0.413. The van der Waals surface area contributed by atoms with Crippen LogP contribution in [0.2, 0.25) is 0 Å². The predicted molar refractivity (Wildman–Crippen MR) is 121 cm³/mol. The number of benzene rings is 1. The third-order valence-electron chi connectivity index (χ3n) is 7.63. The van der Waals surface area contributed by atoms with Crippen LogP contribution in [0, 0.1) is 0 Å². The summed E-state index contributed by atoms with van der Waals surface area (Å²) in [6, 6.07) is 5.39. The van der Waals surface area contributed by atoms with Crippen molar-refractivity contribution in [2.75, 3.05) is 13.1 Å². The first-order valence-electron chi connectivity index (χ1n) is 12.0. The van der Waals surface area contributed by atoms with Crippen LogP contribution in [-0.2, 0) is 16.1 Å². The Bertz CT molecular complexity index is 1130. The zero-order valence-corrected chi connectivity index (χ0v) is 18.9. The number of ether oxygens (including phenoxy) is 1. The first kappa shape index (κ1) is 21.2. The van der Waals surface area contributed by atoms with E-state index in [1.165, 1.54) is 5.56 Å². The number of hydrogen-bond acceptors (Lipinski definition) is 7.